The van der Waals surface area contributed by atoms with Gasteiger partial charge in [-0.25, -0.2) is 9.07 Å². The van der Waals surface area contributed by atoms with Crippen LogP contribution in [0.4, 0.5) is 15.9 Å². The Labute approximate surface area is 164 Å². The van der Waals surface area contributed by atoms with Gasteiger partial charge in [0.1, 0.15) is 17.1 Å². The van der Waals surface area contributed by atoms with Gasteiger partial charge in [-0.15, -0.1) is 0 Å². The minimum absolute atomic E-state index is 0.111. The summed E-state index contributed by atoms with van der Waals surface area (Å²) in [6.07, 6.45) is 1.45. The molecule has 0 unspecified atom stereocenters. The molecule has 6 nitrogen and oxygen atoms in total. The molecule has 3 aromatic rings. The van der Waals surface area contributed by atoms with Crippen LogP contribution in [-0.2, 0) is 21.5 Å². The third-order valence-electron chi connectivity index (χ3n) is 5.34. The predicted octanol–water partition coefficient (Wildman–Crippen LogP) is 3.30. The van der Waals surface area contributed by atoms with Gasteiger partial charge in [-0.05, 0) is 35.4 Å². The molecule has 0 saturated carbocycles. The van der Waals surface area contributed by atoms with Crippen molar-refractivity contribution in [1.29, 1.82) is 0 Å². The quantitative estimate of drug-likeness (QED) is 0.697. The zero-order valence-electron chi connectivity index (χ0n) is 14.5. The van der Waals surface area contributed by atoms with Crippen LogP contribution in [0.2, 0.25) is 5.02 Å². The van der Waals surface area contributed by atoms with Gasteiger partial charge in [0.2, 0.25) is 11.8 Å². The van der Waals surface area contributed by atoms with Crippen molar-refractivity contribution < 1.29 is 14.0 Å². The topological polar surface area (TPSA) is 76.0 Å². The van der Waals surface area contributed by atoms with Gasteiger partial charge >= 0.3 is 0 Å². The zero-order valence-corrected chi connectivity index (χ0v) is 15.3. The van der Waals surface area contributed by atoms with Gasteiger partial charge in [0.25, 0.3) is 0 Å². The van der Waals surface area contributed by atoms with E-state index in [1.807, 2.05) is 18.2 Å². The number of hydrogen-bond donors (Lipinski definition) is 2. The fourth-order valence-corrected chi connectivity index (χ4v) is 4.22. The largest absolute Gasteiger partial charge is 0.325 e. The molecule has 2 N–H and O–H groups in total. The molecule has 2 aliphatic heterocycles. The zero-order chi connectivity index (χ0) is 19.5. The average Bonchev–Trinajstić information content (AvgIpc) is 3.18. The molecule has 0 bridgehead atoms. The van der Waals surface area contributed by atoms with E-state index in [0.717, 1.165) is 5.56 Å². The standard InChI is InChI=1S/C20H14ClFN4O2/c21-15-4-2-1-3-11(15)10-26-18-14(9-23-26)20(8-17(27)25-18)13-7-12(22)5-6-16(13)24-19(20)28/h1-7,9H,8,10H2,(H,24,28)(H,25,27)/t20-/m0/s1. The lowest BCUT2D eigenvalue weighted by Gasteiger charge is -2.31. The second-order valence-corrected chi connectivity index (χ2v) is 7.34. The summed E-state index contributed by atoms with van der Waals surface area (Å²) < 4.78 is 15.6. The predicted molar refractivity (Wildman–Crippen MR) is 102 cm³/mol. The smallest absolute Gasteiger partial charge is 0.240 e. The van der Waals surface area contributed by atoms with Gasteiger partial charge < -0.3 is 10.6 Å². The van der Waals surface area contributed by atoms with E-state index in [0.29, 0.717) is 34.2 Å². The maximum atomic E-state index is 14.0. The van der Waals surface area contributed by atoms with Crippen molar-refractivity contribution in [3.63, 3.8) is 0 Å². The van der Waals surface area contributed by atoms with E-state index in [1.54, 1.807) is 16.9 Å². The first-order chi connectivity index (χ1) is 13.5. The molecule has 1 aromatic heterocycles. The van der Waals surface area contributed by atoms with Crippen LogP contribution < -0.4 is 10.6 Å². The van der Waals surface area contributed by atoms with E-state index in [1.165, 1.54) is 18.2 Å². The van der Waals surface area contributed by atoms with Gasteiger partial charge in [-0.2, -0.15) is 5.10 Å². The van der Waals surface area contributed by atoms with Crippen LogP contribution in [0.25, 0.3) is 0 Å². The van der Waals surface area contributed by atoms with Crippen molar-refractivity contribution in [1.82, 2.24) is 9.78 Å². The SMILES string of the molecule is O=C1C[C@@]2(C(=O)Nc3ccc(F)cc32)c2cnn(Cc3ccccc3Cl)c2N1. The lowest BCUT2D eigenvalue weighted by molar-refractivity contribution is -0.125. The highest BCUT2D eigenvalue weighted by Gasteiger charge is 2.54. The van der Waals surface area contributed by atoms with Crippen molar-refractivity contribution in [3.8, 4) is 0 Å². The molecule has 3 heterocycles. The van der Waals surface area contributed by atoms with Gasteiger partial charge in [0, 0.05) is 22.7 Å². The molecule has 0 fully saturated rings. The number of nitrogens with zero attached hydrogens (tertiary/aromatic N) is 2. The van der Waals surface area contributed by atoms with Crippen LogP contribution in [0.5, 0.6) is 0 Å². The molecule has 1 spiro atoms. The van der Waals surface area contributed by atoms with Gasteiger partial charge in [-0.3, -0.25) is 9.59 Å². The number of nitrogens with one attached hydrogen (secondary N) is 2. The van der Waals surface area contributed by atoms with Crippen LogP contribution in [0.1, 0.15) is 23.1 Å². The number of hydrogen-bond acceptors (Lipinski definition) is 3. The fourth-order valence-electron chi connectivity index (χ4n) is 4.02. The Morgan fingerprint density at radius 3 is 2.79 bits per heavy atom. The Morgan fingerprint density at radius 1 is 1.14 bits per heavy atom. The molecule has 28 heavy (non-hydrogen) atoms. The van der Waals surface area contributed by atoms with Crippen molar-refractivity contribution in [3.05, 3.63) is 76.2 Å². The number of anilines is 2. The Balaban J connectivity index is 1.67. The van der Waals surface area contributed by atoms with E-state index < -0.39 is 11.2 Å². The molecule has 5 rings (SSSR count). The minimum Gasteiger partial charge on any atom is -0.325 e. The average molecular weight is 397 g/mol. The number of amides is 2. The molecule has 140 valence electrons. The summed E-state index contributed by atoms with van der Waals surface area (Å²) in [4.78, 5) is 25.5. The number of halogens is 2. The summed E-state index contributed by atoms with van der Waals surface area (Å²) in [7, 11) is 0. The van der Waals surface area contributed by atoms with Crippen LogP contribution >= 0.6 is 11.6 Å². The first kappa shape index (κ1) is 16.9. The molecule has 2 amide bonds. The fraction of sp³-hybridized carbons (Fsp3) is 0.150. The van der Waals surface area contributed by atoms with Crippen molar-refractivity contribution in [2.75, 3.05) is 10.6 Å². The molecular formula is C20H14ClFN4O2. The molecule has 2 aromatic carbocycles. The number of benzene rings is 2. The highest BCUT2D eigenvalue weighted by atomic mass is 35.5. The maximum Gasteiger partial charge on any atom is 0.240 e. The van der Waals surface area contributed by atoms with Crippen molar-refractivity contribution >= 4 is 34.9 Å². The Bertz CT molecular complexity index is 1160. The molecule has 2 aliphatic rings. The Morgan fingerprint density at radius 2 is 1.96 bits per heavy atom. The number of fused-ring (bicyclic) bond motifs is 4. The van der Waals surface area contributed by atoms with Gasteiger partial charge in [0.05, 0.1) is 12.7 Å². The van der Waals surface area contributed by atoms with Crippen LogP contribution in [0.15, 0.2) is 48.7 Å². The summed E-state index contributed by atoms with van der Waals surface area (Å²) in [6.45, 7) is 0.322. The van der Waals surface area contributed by atoms with Crippen molar-refractivity contribution in [2.24, 2.45) is 0 Å². The molecule has 8 heteroatoms. The monoisotopic (exact) mass is 396 g/mol. The van der Waals surface area contributed by atoms with Crippen LogP contribution in [0, 0.1) is 5.82 Å². The molecular weight excluding hydrogens is 383 g/mol. The second-order valence-electron chi connectivity index (χ2n) is 6.93. The molecule has 0 radical (unpaired) electrons. The molecule has 0 aliphatic carbocycles. The van der Waals surface area contributed by atoms with E-state index in [4.69, 9.17) is 11.6 Å². The highest BCUT2D eigenvalue weighted by Crippen LogP contribution is 2.50. The third kappa shape index (κ3) is 2.29. The lowest BCUT2D eigenvalue weighted by Crippen LogP contribution is -2.43. The van der Waals surface area contributed by atoms with Crippen molar-refractivity contribution in [2.45, 2.75) is 18.4 Å². The normalized spacial score (nSPS) is 19.9. The highest BCUT2D eigenvalue weighted by molar-refractivity contribution is 6.31. The Hall–Kier alpha value is -3.19. The third-order valence-corrected chi connectivity index (χ3v) is 5.71. The first-order valence-corrected chi connectivity index (χ1v) is 9.08. The van der Waals surface area contributed by atoms with Gasteiger partial charge in [-0.1, -0.05) is 29.8 Å². The number of aromatic nitrogens is 2. The number of carbonyl (C=O) groups is 2. The molecule has 0 saturated heterocycles. The lowest BCUT2D eigenvalue weighted by atomic mass is 9.72. The van der Waals surface area contributed by atoms with Gasteiger partial charge in [0.15, 0.2) is 0 Å². The number of carbonyl (C=O) groups excluding carboxylic acids is 2. The maximum absolute atomic E-state index is 14.0. The summed E-state index contributed by atoms with van der Waals surface area (Å²) in [5, 5.41) is 10.5. The minimum atomic E-state index is -1.30. The van der Waals surface area contributed by atoms with E-state index >= 15 is 0 Å². The van der Waals surface area contributed by atoms with Crippen LogP contribution in [-0.4, -0.2) is 21.6 Å². The van der Waals surface area contributed by atoms with E-state index in [-0.39, 0.29) is 18.2 Å². The number of rotatable bonds is 2. The second kappa shape index (κ2) is 5.90. The molecule has 1 atom stereocenters. The summed E-state index contributed by atoms with van der Waals surface area (Å²) in [6, 6.07) is 11.4. The van der Waals surface area contributed by atoms with Crippen LogP contribution in [0.3, 0.4) is 0 Å². The Kier molecular flexibility index (Phi) is 3.57. The van der Waals surface area contributed by atoms with E-state index in [9.17, 15) is 14.0 Å². The summed E-state index contributed by atoms with van der Waals surface area (Å²) >= 11 is 6.25. The first-order valence-electron chi connectivity index (χ1n) is 8.70. The summed E-state index contributed by atoms with van der Waals surface area (Å²) in [5.74, 6) is -0.740. The summed E-state index contributed by atoms with van der Waals surface area (Å²) in [5.41, 5.74) is 1.03. The van der Waals surface area contributed by atoms with E-state index in [2.05, 4.69) is 15.7 Å².